The molecule has 1 atom stereocenters. The highest BCUT2D eigenvalue weighted by Crippen LogP contribution is 2.28. The number of methoxy groups -OCH3 is 1. The Kier molecular flexibility index (Phi) is 7.55. The summed E-state index contributed by atoms with van der Waals surface area (Å²) >= 11 is 5.83. The summed E-state index contributed by atoms with van der Waals surface area (Å²) in [7, 11) is 1.47. The standard InChI is InChI=1S/C23H24ClN3O6/c1-14(2)22(30)27(25-20(28)13-33-17-9-7-15(24)8-10-17)19-12-21(29)26(23(19)31)16-5-4-6-18(11-16)32-3/h4-11,14,19H,12-13H2,1-3H3,(H,25,28). The summed E-state index contributed by atoms with van der Waals surface area (Å²) in [5.74, 6) is -1.93. The Morgan fingerprint density at radius 1 is 1.15 bits per heavy atom. The third-order valence-electron chi connectivity index (χ3n) is 4.91. The number of imide groups is 1. The first-order chi connectivity index (χ1) is 15.7. The predicted octanol–water partition coefficient (Wildman–Crippen LogP) is 2.58. The molecule has 2 aromatic rings. The van der Waals surface area contributed by atoms with Gasteiger partial charge in [-0.15, -0.1) is 0 Å². The van der Waals surface area contributed by atoms with Gasteiger partial charge >= 0.3 is 0 Å². The highest BCUT2D eigenvalue weighted by atomic mass is 35.5. The van der Waals surface area contributed by atoms with E-state index in [9.17, 15) is 19.2 Å². The summed E-state index contributed by atoms with van der Waals surface area (Å²) in [5, 5.41) is 1.45. The normalized spacial score (nSPS) is 15.5. The molecular weight excluding hydrogens is 450 g/mol. The minimum absolute atomic E-state index is 0.271. The molecule has 1 aliphatic heterocycles. The van der Waals surface area contributed by atoms with Crippen molar-refractivity contribution in [1.82, 2.24) is 10.4 Å². The molecule has 1 saturated heterocycles. The maximum absolute atomic E-state index is 13.2. The van der Waals surface area contributed by atoms with Crippen LogP contribution in [0, 0.1) is 5.92 Å². The average Bonchev–Trinajstić information content (AvgIpc) is 3.10. The minimum atomic E-state index is -1.18. The number of nitrogens with zero attached hydrogens (tertiary/aromatic N) is 2. The van der Waals surface area contributed by atoms with Gasteiger partial charge in [0.05, 0.1) is 19.2 Å². The lowest BCUT2D eigenvalue weighted by molar-refractivity contribution is -0.150. The van der Waals surface area contributed by atoms with Crippen LogP contribution in [0.3, 0.4) is 0 Å². The SMILES string of the molecule is COc1cccc(N2C(=O)CC(N(NC(=O)COc3ccc(Cl)cc3)C(=O)C(C)C)C2=O)c1. The van der Waals surface area contributed by atoms with Crippen LogP contribution in [-0.4, -0.2) is 48.4 Å². The summed E-state index contributed by atoms with van der Waals surface area (Å²) in [5.41, 5.74) is 2.76. The zero-order valence-electron chi connectivity index (χ0n) is 18.4. The van der Waals surface area contributed by atoms with E-state index in [1.807, 2.05) is 0 Å². The van der Waals surface area contributed by atoms with Crippen molar-refractivity contribution in [3.8, 4) is 11.5 Å². The molecule has 2 aromatic carbocycles. The van der Waals surface area contributed by atoms with E-state index in [0.29, 0.717) is 22.2 Å². The Hall–Kier alpha value is -3.59. The average molecular weight is 474 g/mol. The zero-order valence-corrected chi connectivity index (χ0v) is 19.2. The molecule has 0 radical (unpaired) electrons. The number of amides is 4. The molecule has 1 heterocycles. The van der Waals surface area contributed by atoms with Gasteiger partial charge in [0.1, 0.15) is 17.5 Å². The summed E-state index contributed by atoms with van der Waals surface area (Å²) < 4.78 is 10.6. The number of hydrazine groups is 1. The minimum Gasteiger partial charge on any atom is -0.497 e. The van der Waals surface area contributed by atoms with E-state index < -0.39 is 42.2 Å². The Morgan fingerprint density at radius 3 is 2.48 bits per heavy atom. The van der Waals surface area contributed by atoms with Crippen molar-refractivity contribution in [2.45, 2.75) is 26.3 Å². The van der Waals surface area contributed by atoms with Gasteiger partial charge in [-0.3, -0.25) is 24.6 Å². The molecule has 0 aliphatic carbocycles. The van der Waals surface area contributed by atoms with E-state index >= 15 is 0 Å². The van der Waals surface area contributed by atoms with Crippen LogP contribution in [0.4, 0.5) is 5.69 Å². The maximum Gasteiger partial charge on any atom is 0.276 e. The summed E-state index contributed by atoms with van der Waals surface area (Å²) in [6.07, 6.45) is -0.271. The zero-order chi connectivity index (χ0) is 24.1. The number of halogens is 1. The molecule has 1 aliphatic rings. The van der Waals surface area contributed by atoms with E-state index in [2.05, 4.69) is 5.43 Å². The van der Waals surface area contributed by atoms with Gasteiger partial charge in [0.15, 0.2) is 6.61 Å². The Labute approximate surface area is 196 Å². The Bertz CT molecular complexity index is 1060. The fraction of sp³-hybridized carbons (Fsp3) is 0.304. The number of benzene rings is 2. The van der Waals surface area contributed by atoms with Crippen LogP contribution in [0.5, 0.6) is 11.5 Å². The molecule has 0 aromatic heterocycles. The van der Waals surface area contributed by atoms with Crippen LogP contribution in [0.15, 0.2) is 48.5 Å². The Morgan fingerprint density at radius 2 is 1.85 bits per heavy atom. The third kappa shape index (κ3) is 5.61. The molecule has 3 rings (SSSR count). The number of carbonyl (C=O) groups excluding carboxylic acids is 4. The molecule has 1 unspecified atom stereocenters. The first-order valence-electron chi connectivity index (χ1n) is 10.2. The molecule has 10 heteroatoms. The quantitative estimate of drug-likeness (QED) is 0.489. The lowest BCUT2D eigenvalue weighted by Gasteiger charge is -2.29. The van der Waals surface area contributed by atoms with Gasteiger partial charge in [0.25, 0.3) is 11.8 Å². The number of hydrogen-bond donors (Lipinski definition) is 1. The molecule has 9 nitrogen and oxygen atoms in total. The molecule has 174 valence electrons. The molecule has 1 fully saturated rings. The Balaban J connectivity index is 1.76. The van der Waals surface area contributed by atoms with E-state index in [1.54, 1.807) is 62.4 Å². The van der Waals surface area contributed by atoms with Crippen LogP contribution >= 0.6 is 11.6 Å². The second kappa shape index (κ2) is 10.4. The van der Waals surface area contributed by atoms with E-state index in [0.717, 1.165) is 9.91 Å². The topological polar surface area (TPSA) is 105 Å². The van der Waals surface area contributed by atoms with Gasteiger partial charge in [0, 0.05) is 17.0 Å². The second-order valence-electron chi connectivity index (χ2n) is 7.63. The number of rotatable bonds is 7. The van der Waals surface area contributed by atoms with Gasteiger partial charge in [-0.2, -0.15) is 0 Å². The van der Waals surface area contributed by atoms with Crippen LogP contribution in [0.1, 0.15) is 20.3 Å². The largest absolute Gasteiger partial charge is 0.497 e. The molecule has 33 heavy (non-hydrogen) atoms. The highest BCUT2D eigenvalue weighted by molar-refractivity contribution is 6.30. The molecule has 0 bridgehead atoms. The summed E-state index contributed by atoms with van der Waals surface area (Å²) in [6, 6.07) is 11.7. The second-order valence-corrected chi connectivity index (χ2v) is 8.07. The van der Waals surface area contributed by atoms with Gasteiger partial charge in [-0.05, 0) is 36.4 Å². The van der Waals surface area contributed by atoms with Crippen molar-refractivity contribution in [3.63, 3.8) is 0 Å². The van der Waals surface area contributed by atoms with Crippen LogP contribution in [0.2, 0.25) is 5.02 Å². The highest BCUT2D eigenvalue weighted by Gasteiger charge is 2.45. The summed E-state index contributed by atoms with van der Waals surface area (Å²) in [6.45, 7) is 2.86. The summed E-state index contributed by atoms with van der Waals surface area (Å²) in [4.78, 5) is 52.2. The van der Waals surface area contributed by atoms with Crippen molar-refractivity contribution >= 4 is 40.9 Å². The van der Waals surface area contributed by atoms with Crippen molar-refractivity contribution in [2.75, 3.05) is 18.6 Å². The third-order valence-corrected chi connectivity index (χ3v) is 5.16. The predicted molar refractivity (Wildman–Crippen MR) is 121 cm³/mol. The maximum atomic E-state index is 13.2. The number of nitrogens with one attached hydrogen (secondary N) is 1. The van der Waals surface area contributed by atoms with Crippen molar-refractivity contribution < 1.29 is 28.7 Å². The van der Waals surface area contributed by atoms with Gasteiger partial charge in [0.2, 0.25) is 11.8 Å². The molecule has 0 spiro atoms. The van der Waals surface area contributed by atoms with Gasteiger partial charge in [-0.1, -0.05) is 31.5 Å². The van der Waals surface area contributed by atoms with E-state index in [1.165, 1.54) is 7.11 Å². The smallest absolute Gasteiger partial charge is 0.276 e. The van der Waals surface area contributed by atoms with Crippen molar-refractivity contribution in [2.24, 2.45) is 5.92 Å². The number of carbonyl (C=O) groups is 4. The molecule has 4 amide bonds. The first kappa shape index (κ1) is 24.1. The van der Waals surface area contributed by atoms with Gasteiger partial charge in [-0.25, -0.2) is 9.91 Å². The van der Waals surface area contributed by atoms with Crippen molar-refractivity contribution in [3.05, 3.63) is 53.6 Å². The number of ether oxygens (including phenoxy) is 2. The lowest BCUT2D eigenvalue weighted by atomic mass is 10.1. The fourth-order valence-corrected chi connectivity index (χ4v) is 3.38. The van der Waals surface area contributed by atoms with E-state index in [-0.39, 0.29) is 6.42 Å². The molecule has 0 saturated carbocycles. The monoisotopic (exact) mass is 473 g/mol. The fourth-order valence-electron chi connectivity index (χ4n) is 3.25. The molecular formula is C23H24ClN3O6. The van der Waals surface area contributed by atoms with Gasteiger partial charge < -0.3 is 9.47 Å². The number of hydrogen-bond acceptors (Lipinski definition) is 6. The number of anilines is 1. The van der Waals surface area contributed by atoms with Crippen LogP contribution in [-0.2, 0) is 19.2 Å². The first-order valence-corrected chi connectivity index (χ1v) is 10.6. The van der Waals surface area contributed by atoms with E-state index in [4.69, 9.17) is 21.1 Å². The lowest BCUT2D eigenvalue weighted by Crippen LogP contribution is -2.56. The van der Waals surface area contributed by atoms with Crippen molar-refractivity contribution in [1.29, 1.82) is 0 Å². The van der Waals surface area contributed by atoms with Crippen LogP contribution in [0.25, 0.3) is 0 Å². The van der Waals surface area contributed by atoms with Crippen LogP contribution < -0.4 is 19.8 Å². The molecule has 1 N–H and O–H groups in total.